The van der Waals surface area contributed by atoms with Gasteiger partial charge in [-0.2, -0.15) is 0 Å². The summed E-state index contributed by atoms with van der Waals surface area (Å²) in [7, 11) is 0. The largest absolute Gasteiger partial charge is 0.456 e. The van der Waals surface area contributed by atoms with Gasteiger partial charge in [0.25, 0.3) is 0 Å². The summed E-state index contributed by atoms with van der Waals surface area (Å²) in [6.45, 7) is 4.78. The molecule has 0 aliphatic heterocycles. The van der Waals surface area contributed by atoms with Crippen LogP contribution in [0.25, 0.3) is 127 Å². The summed E-state index contributed by atoms with van der Waals surface area (Å²) in [5.41, 5.74) is 24.6. The van der Waals surface area contributed by atoms with Crippen molar-refractivity contribution in [2.45, 2.75) is 19.3 Å². The first kappa shape index (κ1) is 45.1. The highest BCUT2D eigenvalue weighted by Crippen LogP contribution is 2.52. The summed E-state index contributed by atoms with van der Waals surface area (Å²) in [4.78, 5) is 2.40. The summed E-state index contributed by atoms with van der Waals surface area (Å²) in [6.07, 6.45) is 0. The lowest BCUT2D eigenvalue weighted by molar-refractivity contribution is 0.660. The SMILES string of the molecule is CC1(C)c2cc(N(c3ccc(-c4ccccc4)cc3)c3ccc(-c4ccccc4)cc3)ccc2-c2ccc(-n3c4ccc(-c5ccc6oc7ccccc7c6c5)cc4c4cc(-c5ccc6oc7ccccc7c6c5)ccc43)cc21. The fourth-order valence-electron chi connectivity index (χ4n) is 12.8. The van der Waals surface area contributed by atoms with E-state index in [1.54, 1.807) is 0 Å². The highest BCUT2D eigenvalue weighted by atomic mass is 16.3. The van der Waals surface area contributed by atoms with Gasteiger partial charge in [-0.3, -0.25) is 0 Å². The predicted molar refractivity (Wildman–Crippen MR) is 329 cm³/mol. The Hall–Kier alpha value is -10.2. The fourth-order valence-corrected chi connectivity index (χ4v) is 12.8. The van der Waals surface area contributed by atoms with Crippen LogP contribution in [0.3, 0.4) is 0 Å². The van der Waals surface area contributed by atoms with Gasteiger partial charge in [-0.1, -0.05) is 172 Å². The standard InChI is InChI=1S/C75H50N2O2/c1-75(2)67-45-57(76(55-29-21-49(22-30-55)47-13-5-3-6-14-47)56-31-23-50(24-32-56)48-15-7-4-8-16-48)33-35-59(67)60-36-34-58(46-68(60)75)77-69-37-25-51(53-27-39-73-65(43-53)61-17-9-11-19-71(61)78-73)41-63(69)64-42-52(26-38-70(64)77)54-28-40-74-66(44-54)62-18-10-12-20-72(62)79-74/h3-46H,1-2H3. The topological polar surface area (TPSA) is 34.5 Å². The molecule has 0 radical (unpaired) electrons. The van der Waals surface area contributed by atoms with E-state index in [0.717, 1.165) is 99.9 Å². The smallest absolute Gasteiger partial charge is 0.135 e. The van der Waals surface area contributed by atoms with E-state index in [-0.39, 0.29) is 5.41 Å². The first-order chi connectivity index (χ1) is 38.9. The van der Waals surface area contributed by atoms with Crippen molar-refractivity contribution in [3.63, 3.8) is 0 Å². The zero-order valence-corrected chi connectivity index (χ0v) is 43.6. The molecule has 16 rings (SSSR count). The number of rotatable bonds is 8. The minimum absolute atomic E-state index is 0.304. The molecule has 0 spiro atoms. The number of benzene rings is 12. The maximum atomic E-state index is 6.27. The maximum absolute atomic E-state index is 6.27. The zero-order valence-electron chi connectivity index (χ0n) is 43.6. The second-order valence-electron chi connectivity index (χ2n) is 21.7. The lowest BCUT2D eigenvalue weighted by atomic mass is 9.82. The molecule has 372 valence electrons. The van der Waals surface area contributed by atoms with E-state index in [0.29, 0.717) is 0 Å². The number of furan rings is 2. The number of para-hydroxylation sites is 2. The summed E-state index contributed by atoms with van der Waals surface area (Å²) >= 11 is 0. The Kier molecular flexibility index (Phi) is 9.95. The van der Waals surface area contributed by atoms with Crippen LogP contribution in [0.2, 0.25) is 0 Å². The number of anilines is 3. The van der Waals surface area contributed by atoms with Crippen molar-refractivity contribution in [1.29, 1.82) is 0 Å². The molecular weight excluding hydrogens is 961 g/mol. The summed E-state index contributed by atoms with van der Waals surface area (Å²) < 4.78 is 15.0. The van der Waals surface area contributed by atoms with Crippen molar-refractivity contribution in [3.05, 3.63) is 278 Å². The lowest BCUT2D eigenvalue weighted by Crippen LogP contribution is -2.17. The van der Waals surface area contributed by atoms with Crippen molar-refractivity contribution in [2.75, 3.05) is 4.90 Å². The third-order valence-electron chi connectivity index (χ3n) is 16.8. The van der Waals surface area contributed by atoms with E-state index < -0.39 is 0 Å². The number of aromatic nitrogens is 1. The first-order valence-corrected chi connectivity index (χ1v) is 27.2. The molecule has 0 N–H and O–H groups in total. The van der Waals surface area contributed by atoms with Gasteiger partial charge in [0.2, 0.25) is 0 Å². The Morgan fingerprint density at radius 2 is 0.671 bits per heavy atom. The van der Waals surface area contributed by atoms with Crippen LogP contribution in [0, 0.1) is 0 Å². The zero-order chi connectivity index (χ0) is 52.3. The first-order valence-electron chi connectivity index (χ1n) is 27.2. The minimum atomic E-state index is -0.304. The van der Waals surface area contributed by atoms with Crippen molar-refractivity contribution in [1.82, 2.24) is 4.57 Å². The molecule has 0 fully saturated rings. The average Bonchev–Trinajstić information content (AvgIpc) is 4.26. The molecule has 0 bridgehead atoms. The van der Waals surface area contributed by atoms with Gasteiger partial charge < -0.3 is 18.3 Å². The van der Waals surface area contributed by atoms with Crippen LogP contribution in [0.5, 0.6) is 0 Å². The van der Waals surface area contributed by atoms with Gasteiger partial charge in [-0.05, 0) is 176 Å². The van der Waals surface area contributed by atoms with Gasteiger partial charge in [-0.25, -0.2) is 0 Å². The van der Waals surface area contributed by atoms with Gasteiger partial charge >= 0.3 is 0 Å². The van der Waals surface area contributed by atoms with Gasteiger partial charge in [0.15, 0.2) is 0 Å². The molecule has 0 amide bonds. The van der Waals surface area contributed by atoms with Gasteiger partial charge in [0.05, 0.1) is 11.0 Å². The Labute approximate surface area is 457 Å². The van der Waals surface area contributed by atoms with Gasteiger partial charge in [0, 0.05) is 60.5 Å². The number of hydrogen-bond acceptors (Lipinski definition) is 3. The highest BCUT2D eigenvalue weighted by Gasteiger charge is 2.37. The second-order valence-corrected chi connectivity index (χ2v) is 21.7. The molecule has 4 nitrogen and oxygen atoms in total. The molecule has 0 saturated heterocycles. The molecule has 3 heterocycles. The van der Waals surface area contributed by atoms with Crippen molar-refractivity contribution in [2.24, 2.45) is 0 Å². The molecule has 1 aliphatic carbocycles. The quantitative estimate of drug-likeness (QED) is 0.152. The van der Waals surface area contributed by atoms with Gasteiger partial charge in [-0.15, -0.1) is 0 Å². The van der Waals surface area contributed by atoms with Crippen LogP contribution in [-0.4, -0.2) is 4.57 Å². The van der Waals surface area contributed by atoms with Crippen molar-refractivity contribution in [3.8, 4) is 61.3 Å². The van der Waals surface area contributed by atoms with Crippen LogP contribution in [-0.2, 0) is 5.41 Å². The summed E-state index contributed by atoms with van der Waals surface area (Å²) in [5, 5.41) is 6.89. The molecule has 79 heavy (non-hydrogen) atoms. The molecule has 4 heteroatoms. The molecule has 1 aliphatic rings. The molecule has 0 saturated carbocycles. The van der Waals surface area contributed by atoms with E-state index >= 15 is 0 Å². The van der Waals surface area contributed by atoms with E-state index in [1.807, 2.05) is 24.3 Å². The van der Waals surface area contributed by atoms with Crippen LogP contribution in [0.4, 0.5) is 17.1 Å². The third kappa shape index (κ3) is 7.22. The fraction of sp³-hybridized carbons (Fsp3) is 0.0400. The maximum Gasteiger partial charge on any atom is 0.135 e. The van der Waals surface area contributed by atoms with Crippen LogP contribution >= 0.6 is 0 Å². The van der Waals surface area contributed by atoms with Crippen molar-refractivity contribution >= 4 is 82.7 Å². The monoisotopic (exact) mass is 1010 g/mol. The van der Waals surface area contributed by atoms with Gasteiger partial charge in [0.1, 0.15) is 22.3 Å². The lowest BCUT2D eigenvalue weighted by Gasteiger charge is -2.28. The highest BCUT2D eigenvalue weighted by molar-refractivity contribution is 6.13. The average molecular weight is 1010 g/mol. The molecule has 0 atom stereocenters. The second kappa shape index (κ2) is 17.4. The number of fused-ring (bicyclic) bond motifs is 12. The van der Waals surface area contributed by atoms with Crippen LogP contribution in [0.15, 0.2) is 276 Å². The molecule has 0 unspecified atom stereocenters. The number of nitrogens with zero attached hydrogens (tertiary/aromatic N) is 2. The minimum Gasteiger partial charge on any atom is -0.456 e. The van der Waals surface area contributed by atoms with E-state index in [9.17, 15) is 0 Å². The normalized spacial score (nSPS) is 12.8. The Morgan fingerprint density at radius 3 is 1.18 bits per heavy atom. The van der Waals surface area contributed by atoms with Crippen LogP contribution < -0.4 is 4.90 Å². The van der Waals surface area contributed by atoms with E-state index in [4.69, 9.17) is 8.83 Å². The Morgan fingerprint density at radius 1 is 0.291 bits per heavy atom. The third-order valence-corrected chi connectivity index (χ3v) is 16.8. The molecule has 15 aromatic rings. The van der Waals surface area contributed by atoms with E-state index in [2.05, 4.69) is 266 Å². The Balaban J connectivity index is 0.819. The summed E-state index contributed by atoms with van der Waals surface area (Å²) in [6, 6.07) is 97.2. The predicted octanol–water partition coefficient (Wildman–Crippen LogP) is 21.0. The molecular formula is C75H50N2O2. The molecule has 12 aromatic carbocycles. The number of hydrogen-bond donors (Lipinski definition) is 0. The van der Waals surface area contributed by atoms with E-state index in [1.165, 1.54) is 55.3 Å². The van der Waals surface area contributed by atoms with Crippen LogP contribution in [0.1, 0.15) is 25.0 Å². The Bertz CT molecular complexity index is 4650. The van der Waals surface area contributed by atoms with Crippen molar-refractivity contribution < 1.29 is 8.83 Å². The summed E-state index contributed by atoms with van der Waals surface area (Å²) in [5.74, 6) is 0. The molecule has 3 aromatic heterocycles.